The zero-order valence-electron chi connectivity index (χ0n) is 19.2. The predicted molar refractivity (Wildman–Crippen MR) is 134 cm³/mol. The second kappa shape index (κ2) is 10.1. The van der Waals surface area contributed by atoms with Gasteiger partial charge in [0.1, 0.15) is 5.82 Å². The van der Waals surface area contributed by atoms with Crippen LogP contribution in [0.15, 0.2) is 72.8 Å². The number of aryl methyl sites for hydroxylation is 1. The molecule has 6 nitrogen and oxygen atoms in total. The predicted octanol–water partition coefficient (Wildman–Crippen LogP) is 5.02. The van der Waals surface area contributed by atoms with Crippen molar-refractivity contribution in [1.82, 2.24) is 9.88 Å². The molecular formula is C28H26FN3O3. The maximum Gasteiger partial charge on any atom is 0.256 e. The number of amides is 2. The van der Waals surface area contributed by atoms with Crippen LogP contribution in [0.3, 0.4) is 0 Å². The molecule has 0 saturated carbocycles. The number of aromatic amines is 1. The summed E-state index contributed by atoms with van der Waals surface area (Å²) in [5, 5.41) is 3.96. The van der Waals surface area contributed by atoms with Crippen molar-refractivity contribution in [2.24, 2.45) is 0 Å². The Balaban J connectivity index is 1.35. The summed E-state index contributed by atoms with van der Waals surface area (Å²) in [6, 6.07) is 21.3. The Hall–Kier alpha value is -3.97. The number of morpholine rings is 1. The van der Waals surface area contributed by atoms with Gasteiger partial charge in [0.15, 0.2) is 0 Å². The van der Waals surface area contributed by atoms with Crippen molar-refractivity contribution in [3.8, 4) is 11.3 Å². The maximum atomic E-state index is 13.5. The number of aromatic nitrogens is 1. The first-order valence-electron chi connectivity index (χ1n) is 11.7. The quantitative estimate of drug-likeness (QED) is 0.415. The molecule has 5 rings (SSSR count). The van der Waals surface area contributed by atoms with Crippen molar-refractivity contribution in [2.45, 2.75) is 12.8 Å². The normalized spacial score (nSPS) is 13.7. The average Bonchev–Trinajstić information content (AvgIpc) is 3.27. The molecule has 0 radical (unpaired) electrons. The molecule has 1 aromatic heterocycles. The highest BCUT2D eigenvalue weighted by Gasteiger charge is 2.22. The van der Waals surface area contributed by atoms with Crippen LogP contribution in [0, 0.1) is 5.82 Å². The van der Waals surface area contributed by atoms with Gasteiger partial charge in [-0.1, -0.05) is 30.3 Å². The van der Waals surface area contributed by atoms with E-state index >= 15 is 0 Å². The minimum atomic E-state index is -0.295. The smallest absolute Gasteiger partial charge is 0.256 e. The minimum absolute atomic E-state index is 0.112. The number of halogens is 1. The summed E-state index contributed by atoms with van der Waals surface area (Å²) in [6.45, 7) is 2.10. The number of anilines is 1. The summed E-state index contributed by atoms with van der Waals surface area (Å²) in [5.74, 6) is -0.585. The van der Waals surface area contributed by atoms with E-state index in [0.29, 0.717) is 44.0 Å². The molecule has 1 aliphatic heterocycles. The molecular weight excluding hydrogens is 445 g/mol. The van der Waals surface area contributed by atoms with Crippen molar-refractivity contribution in [1.29, 1.82) is 0 Å². The summed E-state index contributed by atoms with van der Waals surface area (Å²) < 4.78 is 18.8. The van der Waals surface area contributed by atoms with Gasteiger partial charge in [0.25, 0.3) is 5.91 Å². The average molecular weight is 472 g/mol. The second-order valence-electron chi connectivity index (χ2n) is 8.53. The summed E-state index contributed by atoms with van der Waals surface area (Å²) in [7, 11) is 0. The first-order chi connectivity index (χ1) is 17.1. The van der Waals surface area contributed by atoms with Crippen molar-refractivity contribution in [3.05, 3.63) is 89.7 Å². The largest absolute Gasteiger partial charge is 0.378 e. The number of carbonyl (C=O) groups is 2. The molecule has 0 aliphatic carbocycles. The number of hydrogen-bond donors (Lipinski definition) is 2. The highest BCUT2D eigenvalue weighted by atomic mass is 19.1. The Labute approximate surface area is 202 Å². The monoisotopic (exact) mass is 471 g/mol. The van der Waals surface area contributed by atoms with Gasteiger partial charge in [-0.25, -0.2) is 4.39 Å². The standard InChI is InChI=1S/C28H26FN3O3/c29-20-11-9-19(10-12-20)27-22(21-5-1-3-7-24(21)31-27)13-14-26(33)30-25-8-4-2-6-23(25)28(34)32-15-17-35-18-16-32/h1-12,31H,13-18H2,(H,30,33). The number of benzene rings is 3. The molecule has 0 unspecified atom stereocenters. The first-order valence-corrected chi connectivity index (χ1v) is 11.7. The van der Waals surface area contributed by atoms with Gasteiger partial charge in [-0.2, -0.15) is 0 Å². The number of rotatable bonds is 6. The van der Waals surface area contributed by atoms with Gasteiger partial charge >= 0.3 is 0 Å². The van der Waals surface area contributed by atoms with E-state index in [9.17, 15) is 14.0 Å². The molecule has 178 valence electrons. The molecule has 4 aromatic rings. The fraction of sp³-hybridized carbons (Fsp3) is 0.214. The molecule has 1 fully saturated rings. The van der Waals surface area contributed by atoms with Crippen LogP contribution in [-0.2, 0) is 16.0 Å². The van der Waals surface area contributed by atoms with E-state index in [4.69, 9.17) is 4.74 Å². The van der Waals surface area contributed by atoms with Crippen molar-refractivity contribution in [2.75, 3.05) is 31.6 Å². The van der Waals surface area contributed by atoms with Crippen LogP contribution in [0.25, 0.3) is 22.2 Å². The van der Waals surface area contributed by atoms with E-state index in [1.807, 2.05) is 24.3 Å². The Morgan fingerprint density at radius 2 is 1.66 bits per heavy atom. The van der Waals surface area contributed by atoms with Crippen LogP contribution in [0.1, 0.15) is 22.3 Å². The molecule has 2 N–H and O–H groups in total. The summed E-state index contributed by atoms with van der Waals surface area (Å²) >= 11 is 0. The number of carbonyl (C=O) groups excluding carboxylic acids is 2. The number of fused-ring (bicyclic) bond motifs is 1. The molecule has 1 aliphatic rings. The number of nitrogens with one attached hydrogen (secondary N) is 2. The van der Waals surface area contributed by atoms with Crippen molar-refractivity contribution >= 4 is 28.4 Å². The fourth-order valence-corrected chi connectivity index (χ4v) is 4.49. The highest BCUT2D eigenvalue weighted by Crippen LogP contribution is 2.31. The van der Waals surface area contributed by atoms with Crippen molar-refractivity contribution < 1.29 is 18.7 Å². The Morgan fingerprint density at radius 3 is 2.46 bits per heavy atom. The summed E-state index contributed by atoms with van der Waals surface area (Å²) in [6.07, 6.45) is 0.720. The number of hydrogen-bond acceptors (Lipinski definition) is 3. The van der Waals surface area contributed by atoms with Crippen LogP contribution in [0.2, 0.25) is 0 Å². The SMILES string of the molecule is O=C(CCc1c(-c2ccc(F)cc2)[nH]c2ccccc12)Nc1ccccc1C(=O)N1CCOCC1. The van der Waals surface area contributed by atoms with E-state index in [1.54, 1.807) is 41.3 Å². The van der Waals surface area contributed by atoms with Crippen LogP contribution < -0.4 is 5.32 Å². The van der Waals surface area contributed by atoms with Gasteiger partial charge in [0.05, 0.1) is 24.5 Å². The van der Waals surface area contributed by atoms with E-state index in [1.165, 1.54) is 12.1 Å². The first kappa shape index (κ1) is 22.8. The molecule has 1 saturated heterocycles. The third-order valence-corrected chi connectivity index (χ3v) is 6.28. The van der Waals surface area contributed by atoms with Crippen LogP contribution in [0.4, 0.5) is 10.1 Å². The van der Waals surface area contributed by atoms with E-state index in [-0.39, 0.29) is 24.1 Å². The van der Waals surface area contributed by atoms with E-state index < -0.39 is 0 Å². The Bertz CT molecular complexity index is 1360. The lowest BCUT2D eigenvalue weighted by Gasteiger charge is -2.27. The van der Waals surface area contributed by atoms with E-state index in [2.05, 4.69) is 10.3 Å². The molecule has 2 heterocycles. The Kier molecular flexibility index (Phi) is 6.59. The number of para-hydroxylation sites is 2. The lowest BCUT2D eigenvalue weighted by Crippen LogP contribution is -2.41. The molecule has 2 amide bonds. The molecule has 3 aromatic carbocycles. The highest BCUT2D eigenvalue weighted by molar-refractivity contribution is 6.04. The lowest BCUT2D eigenvalue weighted by atomic mass is 10.0. The van der Waals surface area contributed by atoms with Crippen molar-refractivity contribution in [3.63, 3.8) is 0 Å². The lowest BCUT2D eigenvalue weighted by molar-refractivity contribution is -0.116. The molecule has 0 spiro atoms. The molecule has 7 heteroatoms. The van der Waals surface area contributed by atoms with Gasteiger partial charge < -0.3 is 19.9 Å². The van der Waals surface area contributed by atoms with E-state index in [0.717, 1.165) is 27.7 Å². The molecule has 0 atom stereocenters. The fourth-order valence-electron chi connectivity index (χ4n) is 4.49. The Morgan fingerprint density at radius 1 is 0.943 bits per heavy atom. The van der Waals surface area contributed by atoms with Crippen LogP contribution >= 0.6 is 0 Å². The number of H-pyrrole nitrogens is 1. The number of ether oxygens (including phenoxy) is 1. The van der Waals surface area contributed by atoms with Crippen LogP contribution in [-0.4, -0.2) is 48.0 Å². The maximum absolute atomic E-state index is 13.5. The minimum Gasteiger partial charge on any atom is -0.378 e. The van der Waals surface area contributed by atoms with Gasteiger partial charge in [0, 0.05) is 36.1 Å². The molecule has 35 heavy (non-hydrogen) atoms. The van der Waals surface area contributed by atoms with Gasteiger partial charge in [-0.15, -0.1) is 0 Å². The summed E-state index contributed by atoms with van der Waals surface area (Å²) in [4.78, 5) is 31.1. The zero-order valence-corrected chi connectivity index (χ0v) is 19.2. The van der Waals surface area contributed by atoms with Gasteiger partial charge in [0.2, 0.25) is 5.91 Å². The zero-order chi connectivity index (χ0) is 24.2. The summed E-state index contributed by atoms with van der Waals surface area (Å²) in [5.41, 5.74) is 4.68. The second-order valence-corrected chi connectivity index (χ2v) is 8.53. The molecule has 0 bridgehead atoms. The van der Waals surface area contributed by atoms with Gasteiger partial charge in [-0.05, 0) is 60.0 Å². The topological polar surface area (TPSA) is 74.4 Å². The number of nitrogens with zero attached hydrogens (tertiary/aromatic N) is 1. The van der Waals surface area contributed by atoms with Gasteiger partial charge in [-0.3, -0.25) is 9.59 Å². The third kappa shape index (κ3) is 4.95. The van der Waals surface area contributed by atoms with Crippen LogP contribution in [0.5, 0.6) is 0 Å². The third-order valence-electron chi connectivity index (χ3n) is 6.28.